The molecule has 3 rings (SSSR count). The fourth-order valence-electron chi connectivity index (χ4n) is 2.23. The molecule has 0 fully saturated rings. The van der Waals surface area contributed by atoms with Crippen LogP contribution in [0.1, 0.15) is 31.4 Å². The molecule has 0 aliphatic carbocycles. The molecule has 2 aromatic rings. The van der Waals surface area contributed by atoms with Crippen molar-refractivity contribution >= 4 is 11.6 Å². The maximum absolute atomic E-state index is 13.5. The molecule has 0 atom stereocenters. The molecule has 2 heterocycles. The average molecular weight is 322 g/mol. The van der Waals surface area contributed by atoms with Crippen LogP contribution in [0.5, 0.6) is 5.75 Å². The number of amides is 1. The number of hydrogen-bond acceptors (Lipinski definition) is 4. The van der Waals surface area contributed by atoms with Crippen molar-refractivity contribution in [1.82, 2.24) is 14.8 Å². The summed E-state index contributed by atoms with van der Waals surface area (Å²) in [5.74, 6) is -2.42. The number of halogens is 2. The Kier molecular flexibility index (Phi) is 3.54. The lowest BCUT2D eigenvalue weighted by atomic mass is 10.1. The minimum atomic E-state index is -1.04. The largest absolute Gasteiger partial charge is 0.489 e. The summed E-state index contributed by atoms with van der Waals surface area (Å²) in [6.45, 7) is 6.18. The van der Waals surface area contributed by atoms with Gasteiger partial charge in [-0.1, -0.05) is 0 Å². The molecule has 0 N–H and O–H groups in total. The molecule has 0 radical (unpaired) electrons. The predicted molar refractivity (Wildman–Crippen MR) is 78.5 cm³/mol. The predicted octanol–water partition coefficient (Wildman–Crippen LogP) is 2.35. The van der Waals surface area contributed by atoms with E-state index >= 15 is 0 Å². The zero-order valence-electron chi connectivity index (χ0n) is 13.0. The van der Waals surface area contributed by atoms with E-state index in [2.05, 4.69) is 10.1 Å². The summed E-state index contributed by atoms with van der Waals surface area (Å²) in [5.41, 5.74) is -0.142. The minimum absolute atomic E-state index is 0.00231. The van der Waals surface area contributed by atoms with E-state index in [0.717, 1.165) is 12.1 Å². The van der Waals surface area contributed by atoms with Gasteiger partial charge in [0.2, 0.25) is 5.82 Å². The molecular weight excluding hydrogens is 306 g/mol. The van der Waals surface area contributed by atoms with Crippen molar-refractivity contribution in [2.24, 2.45) is 0 Å². The van der Waals surface area contributed by atoms with Crippen LogP contribution in [0.25, 0.3) is 0 Å². The van der Waals surface area contributed by atoms with E-state index in [0.29, 0.717) is 0 Å². The first-order valence-corrected chi connectivity index (χ1v) is 7.13. The van der Waals surface area contributed by atoms with Gasteiger partial charge in [-0.2, -0.15) is 0 Å². The van der Waals surface area contributed by atoms with Crippen molar-refractivity contribution in [3.8, 4) is 5.75 Å². The molecule has 6 nitrogen and oxygen atoms in total. The van der Waals surface area contributed by atoms with Crippen LogP contribution in [-0.2, 0) is 5.54 Å². The number of nitrogens with zero attached hydrogens (tertiary/aromatic N) is 4. The Morgan fingerprint density at radius 1 is 1.26 bits per heavy atom. The number of fused-ring (bicyclic) bond motifs is 1. The second kappa shape index (κ2) is 5.29. The quantitative estimate of drug-likeness (QED) is 0.808. The fourth-order valence-corrected chi connectivity index (χ4v) is 2.23. The third kappa shape index (κ3) is 2.76. The van der Waals surface area contributed by atoms with Gasteiger partial charge in [0, 0.05) is 12.1 Å². The highest BCUT2D eigenvalue weighted by atomic mass is 19.2. The van der Waals surface area contributed by atoms with Crippen molar-refractivity contribution in [2.75, 3.05) is 18.1 Å². The third-order valence-corrected chi connectivity index (χ3v) is 3.48. The first-order chi connectivity index (χ1) is 10.8. The summed E-state index contributed by atoms with van der Waals surface area (Å²) in [6, 6.07) is 1.88. The lowest BCUT2D eigenvalue weighted by Gasteiger charge is -2.28. The Bertz CT molecular complexity index is 767. The molecule has 1 aromatic carbocycles. The van der Waals surface area contributed by atoms with E-state index < -0.39 is 17.5 Å². The standard InChI is InChI=1S/C15H16F2N4O2/c1-15(2,3)21-8-18-13(19-21)14(22)20-4-5-23-12-7-10(17)9(16)6-11(12)20/h6-8H,4-5H2,1-3H3. The normalized spacial score (nSPS) is 14.4. The van der Waals surface area contributed by atoms with Crippen LogP contribution in [0.4, 0.5) is 14.5 Å². The molecule has 1 amide bonds. The molecule has 0 bridgehead atoms. The van der Waals surface area contributed by atoms with Gasteiger partial charge in [0.05, 0.1) is 17.8 Å². The summed E-state index contributed by atoms with van der Waals surface area (Å²) in [4.78, 5) is 17.9. The van der Waals surface area contributed by atoms with Crippen LogP contribution in [0.2, 0.25) is 0 Å². The first kappa shape index (κ1) is 15.4. The number of hydrogen-bond donors (Lipinski definition) is 0. The van der Waals surface area contributed by atoms with E-state index in [9.17, 15) is 13.6 Å². The van der Waals surface area contributed by atoms with Crippen molar-refractivity contribution < 1.29 is 18.3 Å². The Labute approximate surface area is 131 Å². The number of aromatic nitrogens is 3. The van der Waals surface area contributed by atoms with Gasteiger partial charge in [0.15, 0.2) is 11.6 Å². The van der Waals surface area contributed by atoms with Crippen LogP contribution in [0.15, 0.2) is 18.5 Å². The van der Waals surface area contributed by atoms with Gasteiger partial charge in [-0.3, -0.25) is 9.69 Å². The number of anilines is 1. The highest BCUT2D eigenvalue weighted by Crippen LogP contribution is 2.34. The van der Waals surface area contributed by atoms with Gasteiger partial charge in [-0.25, -0.2) is 18.4 Å². The Balaban J connectivity index is 1.96. The van der Waals surface area contributed by atoms with E-state index in [1.165, 1.54) is 11.2 Å². The maximum atomic E-state index is 13.5. The highest BCUT2D eigenvalue weighted by Gasteiger charge is 2.29. The average Bonchev–Trinajstić information content (AvgIpc) is 2.97. The Morgan fingerprint density at radius 3 is 2.61 bits per heavy atom. The van der Waals surface area contributed by atoms with Crippen molar-refractivity contribution in [1.29, 1.82) is 0 Å². The SMILES string of the molecule is CC(C)(C)n1cnc(C(=O)N2CCOc3cc(F)c(F)cc32)n1. The van der Waals surface area contributed by atoms with Crippen molar-refractivity contribution in [3.63, 3.8) is 0 Å². The summed E-state index contributed by atoms with van der Waals surface area (Å²) >= 11 is 0. The fraction of sp³-hybridized carbons (Fsp3) is 0.400. The van der Waals surface area contributed by atoms with Gasteiger partial charge in [-0.15, -0.1) is 5.10 Å². The monoisotopic (exact) mass is 322 g/mol. The minimum Gasteiger partial charge on any atom is -0.489 e. The van der Waals surface area contributed by atoms with Gasteiger partial charge in [-0.05, 0) is 20.8 Å². The maximum Gasteiger partial charge on any atom is 0.298 e. The molecule has 0 saturated heterocycles. The van der Waals surface area contributed by atoms with E-state index in [1.807, 2.05) is 20.8 Å². The van der Waals surface area contributed by atoms with E-state index in [-0.39, 0.29) is 36.0 Å². The molecule has 0 spiro atoms. The van der Waals surface area contributed by atoms with E-state index in [4.69, 9.17) is 4.74 Å². The molecule has 0 saturated carbocycles. The van der Waals surface area contributed by atoms with Crippen LogP contribution in [-0.4, -0.2) is 33.8 Å². The molecule has 1 aliphatic heterocycles. The second-order valence-corrected chi connectivity index (χ2v) is 6.22. The summed E-state index contributed by atoms with van der Waals surface area (Å²) in [6.07, 6.45) is 1.47. The molecule has 1 aliphatic rings. The zero-order chi connectivity index (χ0) is 16.8. The summed E-state index contributed by atoms with van der Waals surface area (Å²) < 4.78 is 33.7. The molecule has 23 heavy (non-hydrogen) atoms. The molecule has 122 valence electrons. The number of ether oxygens (including phenoxy) is 1. The molecule has 1 aromatic heterocycles. The second-order valence-electron chi connectivity index (χ2n) is 6.22. The highest BCUT2D eigenvalue weighted by molar-refractivity contribution is 6.04. The number of carbonyl (C=O) groups is 1. The van der Waals surface area contributed by atoms with Gasteiger partial charge >= 0.3 is 0 Å². The molecular formula is C15H16F2N4O2. The van der Waals surface area contributed by atoms with Gasteiger partial charge < -0.3 is 4.74 Å². The number of benzene rings is 1. The zero-order valence-corrected chi connectivity index (χ0v) is 13.0. The number of rotatable bonds is 1. The van der Waals surface area contributed by atoms with Crippen LogP contribution in [0, 0.1) is 11.6 Å². The molecule has 0 unspecified atom stereocenters. The first-order valence-electron chi connectivity index (χ1n) is 7.13. The lowest BCUT2D eigenvalue weighted by Crippen LogP contribution is -2.39. The number of carbonyl (C=O) groups excluding carboxylic acids is 1. The molecule has 8 heteroatoms. The van der Waals surface area contributed by atoms with Crippen molar-refractivity contribution in [2.45, 2.75) is 26.3 Å². The third-order valence-electron chi connectivity index (χ3n) is 3.48. The van der Waals surface area contributed by atoms with Crippen LogP contribution < -0.4 is 9.64 Å². The van der Waals surface area contributed by atoms with Gasteiger partial charge in [0.25, 0.3) is 5.91 Å². The lowest BCUT2D eigenvalue weighted by molar-refractivity contribution is 0.0965. The van der Waals surface area contributed by atoms with Crippen LogP contribution in [0.3, 0.4) is 0 Å². The van der Waals surface area contributed by atoms with Gasteiger partial charge in [0.1, 0.15) is 18.7 Å². The van der Waals surface area contributed by atoms with Crippen LogP contribution >= 0.6 is 0 Å². The topological polar surface area (TPSA) is 60.2 Å². The van der Waals surface area contributed by atoms with Crippen molar-refractivity contribution in [3.05, 3.63) is 35.9 Å². The smallest absolute Gasteiger partial charge is 0.298 e. The Hall–Kier alpha value is -2.51. The van der Waals surface area contributed by atoms with E-state index in [1.54, 1.807) is 4.68 Å². The summed E-state index contributed by atoms with van der Waals surface area (Å²) in [5, 5.41) is 4.18. The Morgan fingerprint density at radius 2 is 1.96 bits per heavy atom. The summed E-state index contributed by atoms with van der Waals surface area (Å²) in [7, 11) is 0.